The average Bonchev–Trinajstić information content (AvgIpc) is 3.19. The molecule has 1 aliphatic heterocycles. The van der Waals surface area contributed by atoms with Crippen molar-refractivity contribution in [2.24, 2.45) is 5.92 Å². The van der Waals surface area contributed by atoms with Crippen molar-refractivity contribution < 1.29 is 4.74 Å². The Morgan fingerprint density at radius 3 is 3.12 bits per heavy atom. The lowest BCUT2D eigenvalue weighted by atomic mass is 9.94. The zero-order valence-corrected chi connectivity index (χ0v) is 15.9. The van der Waals surface area contributed by atoms with Crippen molar-refractivity contribution in [3.05, 3.63) is 28.2 Å². The van der Waals surface area contributed by atoms with E-state index in [1.54, 1.807) is 11.3 Å². The highest BCUT2D eigenvalue weighted by molar-refractivity contribution is 7.18. The minimum atomic E-state index is 0. The second-order valence-corrected chi connectivity index (χ2v) is 7.99. The maximum absolute atomic E-state index is 6.04. The lowest BCUT2D eigenvalue weighted by Crippen LogP contribution is -2.50. The second-order valence-electron chi connectivity index (χ2n) is 6.44. The topological polar surface area (TPSA) is 46.2 Å². The van der Waals surface area contributed by atoms with Crippen LogP contribution in [0.1, 0.15) is 24.3 Å². The number of aromatic nitrogens is 1. The van der Waals surface area contributed by atoms with E-state index in [1.807, 2.05) is 12.1 Å². The minimum absolute atomic E-state index is 0. The predicted octanol–water partition coefficient (Wildman–Crippen LogP) is 3.62. The number of nitrogens with one attached hydrogen (secondary N) is 2. The first-order chi connectivity index (χ1) is 11.3. The van der Waals surface area contributed by atoms with Gasteiger partial charge in [-0.1, -0.05) is 18.0 Å². The quantitative estimate of drug-likeness (QED) is 0.840. The van der Waals surface area contributed by atoms with Gasteiger partial charge in [0.05, 0.1) is 23.4 Å². The fourth-order valence-corrected chi connectivity index (χ4v) is 4.89. The van der Waals surface area contributed by atoms with Crippen molar-refractivity contribution in [3.63, 3.8) is 0 Å². The molecule has 4 rings (SSSR count). The molecule has 2 aromatic rings. The Labute approximate surface area is 157 Å². The molecule has 7 heteroatoms. The summed E-state index contributed by atoms with van der Waals surface area (Å²) in [6, 6.07) is 6.99. The lowest BCUT2D eigenvalue weighted by molar-refractivity contribution is 0.0524. The van der Waals surface area contributed by atoms with Crippen molar-refractivity contribution in [2.75, 3.05) is 19.8 Å². The van der Waals surface area contributed by atoms with Crippen molar-refractivity contribution in [1.82, 2.24) is 15.6 Å². The van der Waals surface area contributed by atoms with E-state index in [4.69, 9.17) is 21.3 Å². The third kappa shape index (κ3) is 4.03. The number of nitrogens with zero attached hydrogens (tertiary/aromatic N) is 1. The van der Waals surface area contributed by atoms with Gasteiger partial charge in [0.2, 0.25) is 0 Å². The van der Waals surface area contributed by atoms with Gasteiger partial charge in [0.1, 0.15) is 5.01 Å². The van der Waals surface area contributed by atoms with E-state index in [9.17, 15) is 0 Å². The van der Waals surface area contributed by atoms with E-state index in [0.29, 0.717) is 18.0 Å². The van der Waals surface area contributed by atoms with E-state index in [2.05, 4.69) is 16.7 Å². The summed E-state index contributed by atoms with van der Waals surface area (Å²) in [5.41, 5.74) is 1.00. The molecule has 3 unspecified atom stereocenters. The maximum atomic E-state index is 6.04. The summed E-state index contributed by atoms with van der Waals surface area (Å²) < 4.78 is 6.85. The fraction of sp³-hybridized carbons (Fsp3) is 0.588. The Bertz CT molecular complexity index is 675. The van der Waals surface area contributed by atoms with Crippen LogP contribution in [-0.4, -0.2) is 36.8 Å². The van der Waals surface area contributed by atoms with Crippen molar-refractivity contribution in [1.29, 1.82) is 0 Å². The molecule has 0 bridgehead atoms. The van der Waals surface area contributed by atoms with Crippen LogP contribution in [0.25, 0.3) is 10.2 Å². The minimum Gasteiger partial charge on any atom is -0.379 e. The molecular formula is C17H23Cl2N3OS. The smallest absolute Gasteiger partial charge is 0.108 e. The monoisotopic (exact) mass is 387 g/mol. The Hall–Kier alpha value is -0.430. The number of benzene rings is 1. The summed E-state index contributed by atoms with van der Waals surface area (Å²) in [6.45, 7) is 3.51. The number of rotatable bonds is 4. The summed E-state index contributed by atoms with van der Waals surface area (Å²) in [7, 11) is 0. The fourth-order valence-electron chi connectivity index (χ4n) is 3.83. The van der Waals surface area contributed by atoms with E-state index in [1.165, 1.54) is 24.0 Å². The summed E-state index contributed by atoms with van der Waals surface area (Å²) in [5, 5.41) is 9.26. The van der Waals surface area contributed by atoms with Crippen molar-refractivity contribution in [2.45, 2.75) is 37.9 Å². The normalized spacial score (nSPS) is 27.3. The zero-order valence-electron chi connectivity index (χ0n) is 13.5. The van der Waals surface area contributed by atoms with E-state index < -0.39 is 0 Å². The third-order valence-electron chi connectivity index (χ3n) is 4.95. The lowest BCUT2D eigenvalue weighted by Gasteiger charge is -2.32. The number of morpholine rings is 1. The van der Waals surface area contributed by atoms with Gasteiger partial charge < -0.3 is 15.4 Å². The van der Waals surface area contributed by atoms with E-state index in [-0.39, 0.29) is 12.4 Å². The van der Waals surface area contributed by atoms with Crippen LogP contribution in [-0.2, 0) is 11.3 Å². The third-order valence-corrected chi connectivity index (χ3v) is 6.22. The first kappa shape index (κ1) is 18.4. The van der Waals surface area contributed by atoms with Gasteiger partial charge in [-0.05, 0) is 37.0 Å². The van der Waals surface area contributed by atoms with Gasteiger partial charge >= 0.3 is 0 Å². The molecule has 1 aromatic heterocycles. The van der Waals surface area contributed by atoms with Crippen molar-refractivity contribution >= 4 is 45.6 Å². The molecule has 132 valence electrons. The molecule has 1 saturated carbocycles. The molecule has 3 atom stereocenters. The molecule has 1 aliphatic carbocycles. The Morgan fingerprint density at radius 1 is 1.38 bits per heavy atom. The van der Waals surface area contributed by atoms with Gasteiger partial charge in [-0.15, -0.1) is 23.7 Å². The van der Waals surface area contributed by atoms with Gasteiger partial charge in [0, 0.05) is 30.2 Å². The molecule has 2 aliphatic rings. The number of thiazole rings is 1. The SMILES string of the molecule is Cl.Clc1ccc2sc(CNC3CCCC3C3COCCN3)nc2c1. The van der Waals surface area contributed by atoms with Crippen LogP contribution in [0, 0.1) is 5.92 Å². The van der Waals surface area contributed by atoms with Gasteiger partial charge in [0.25, 0.3) is 0 Å². The Morgan fingerprint density at radius 2 is 2.29 bits per heavy atom. The van der Waals surface area contributed by atoms with Gasteiger partial charge in [0.15, 0.2) is 0 Å². The molecule has 1 aromatic carbocycles. The van der Waals surface area contributed by atoms with Crippen molar-refractivity contribution in [3.8, 4) is 0 Å². The van der Waals surface area contributed by atoms with Crippen LogP contribution in [0.15, 0.2) is 18.2 Å². The first-order valence-electron chi connectivity index (χ1n) is 8.39. The second kappa shape index (κ2) is 8.30. The van der Waals surface area contributed by atoms with Gasteiger partial charge in [-0.25, -0.2) is 4.98 Å². The number of fused-ring (bicyclic) bond motifs is 1. The molecule has 1 saturated heterocycles. The highest BCUT2D eigenvalue weighted by Crippen LogP contribution is 2.30. The molecular weight excluding hydrogens is 365 g/mol. The molecule has 2 N–H and O–H groups in total. The molecule has 0 spiro atoms. The highest BCUT2D eigenvalue weighted by Gasteiger charge is 2.34. The average molecular weight is 388 g/mol. The summed E-state index contributed by atoms with van der Waals surface area (Å²) in [4.78, 5) is 4.70. The highest BCUT2D eigenvalue weighted by atomic mass is 35.5. The number of hydrogen-bond acceptors (Lipinski definition) is 5. The Balaban J connectivity index is 0.00000169. The maximum Gasteiger partial charge on any atom is 0.108 e. The molecule has 0 amide bonds. The van der Waals surface area contributed by atoms with Crippen LogP contribution in [0.5, 0.6) is 0 Å². The van der Waals surface area contributed by atoms with Crippen LogP contribution in [0.3, 0.4) is 0 Å². The molecule has 24 heavy (non-hydrogen) atoms. The zero-order chi connectivity index (χ0) is 15.6. The molecule has 2 heterocycles. The standard InChI is InChI=1S/C17H22ClN3OS.ClH/c18-11-4-5-16-14(8-11)21-17(23-16)9-20-13-3-1-2-12(13)15-10-22-7-6-19-15;/h4-5,8,12-13,15,19-20H,1-3,6-7,9-10H2;1H. The molecule has 0 radical (unpaired) electrons. The largest absolute Gasteiger partial charge is 0.379 e. The first-order valence-corrected chi connectivity index (χ1v) is 9.58. The number of halogens is 2. The van der Waals surface area contributed by atoms with Crippen LogP contribution in [0.2, 0.25) is 5.02 Å². The number of hydrogen-bond donors (Lipinski definition) is 2. The van der Waals surface area contributed by atoms with Crippen LogP contribution < -0.4 is 10.6 Å². The number of ether oxygens (including phenoxy) is 1. The summed E-state index contributed by atoms with van der Waals surface area (Å²) >= 11 is 7.80. The van der Waals surface area contributed by atoms with Crippen LogP contribution in [0.4, 0.5) is 0 Å². The van der Waals surface area contributed by atoms with Gasteiger partial charge in [-0.3, -0.25) is 0 Å². The molecule has 4 nitrogen and oxygen atoms in total. The summed E-state index contributed by atoms with van der Waals surface area (Å²) in [6.07, 6.45) is 3.84. The Kier molecular flexibility index (Phi) is 6.35. The van der Waals surface area contributed by atoms with Gasteiger partial charge in [-0.2, -0.15) is 0 Å². The van der Waals surface area contributed by atoms with Crippen LogP contribution >= 0.6 is 35.3 Å². The summed E-state index contributed by atoms with van der Waals surface area (Å²) in [5.74, 6) is 0.666. The van der Waals surface area contributed by atoms with E-state index >= 15 is 0 Å². The predicted molar refractivity (Wildman–Crippen MR) is 102 cm³/mol. The van der Waals surface area contributed by atoms with E-state index in [0.717, 1.165) is 41.9 Å². The molecule has 2 fully saturated rings.